The Hall–Kier alpha value is 0.110. The van der Waals surface area contributed by atoms with Gasteiger partial charge in [-0.1, -0.05) is 35.4 Å². The van der Waals surface area contributed by atoms with E-state index in [1.165, 1.54) is 19.3 Å². The summed E-state index contributed by atoms with van der Waals surface area (Å²) >= 11 is 2.37. The van der Waals surface area contributed by atoms with Gasteiger partial charge in [0.15, 0.2) is 0 Å². The minimum atomic E-state index is 0.256. The molecule has 1 fully saturated rings. The minimum Gasteiger partial charge on any atom is -0.211 e. The fraction of sp³-hybridized carbons (Fsp3) is 0.857. The summed E-state index contributed by atoms with van der Waals surface area (Å²) < 4.78 is 0.563. The first-order valence-corrected chi connectivity index (χ1v) is 4.80. The van der Waals surface area contributed by atoms with Crippen LogP contribution in [0.4, 0.5) is 0 Å². The summed E-state index contributed by atoms with van der Waals surface area (Å²) in [6, 6.07) is 0.256. The molecule has 3 heteroatoms. The van der Waals surface area contributed by atoms with Crippen molar-refractivity contribution in [3.05, 3.63) is 0 Å². The number of halogens is 1. The highest BCUT2D eigenvalue weighted by Crippen LogP contribution is 2.26. The van der Waals surface area contributed by atoms with Gasteiger partial charge in [0.25, 0.3) is 0 Å². The van der Waals surface area contributed by atoms with Crippen LogP contribution < -0.4 is 0 Å². The molecule has 10 heavy (non-hydrogen) atoms. The van der Waals surface area contributed by atoms with Crippen LogP contribution in [0.25, 0.3) is 0 Å². The zero-order chi connectivity index (χ0) is 7.40. The Morgan fingerprint density at radius 3 is 2.70 bits per heavy atom. The number of aliphatic imine (C=N–C) groups is 1. The lowest BCUT2D eigenvalue weighted by molar-refractivity contribution is 0.461. The zero-order valence-electron chi connectivity index (χ0n) is 5.72. The molecule has 0 heterocycles. The van der Waals surface area contributed by atoms with E-state index in [0.29, 0.717) is 3.92 Å². The highest BCUT2D eigenvalue weighted by atomic mass is 127. The topological polar surface area (TPSA) is 29.4 Å². The van der Waals surface area contributed by atoms with Crippen molar-refractivity contribution < 1.29 is 4.79 Å². The molecule has 0 N–H and O–H groups in total. The van der Waals surface area contributed by atoms with Gasteiger partial charge in [-0.15, -0.1) is 0 Å². The van der Waals surface area contributed by atoms with Crippen molar-refractivity contribution in [2.75, 3.05) is 0 Å². The van der Waals surface area contributed by atoms with Crippen molar-refractivity contribution in [3.8, 4) is 0 Å². The second-order valence-electron chi connectivity index (χ2n) is 2.59. The molecule has 2 nitrogen and oxygen atoms in total. The van der Waals surface area contributed by atoms with Crippen molar-refractivity contribution >= 4 is 28.7 Å². The number of alkyl halides is 1. The average Bonchev–Trinajstić information content (AvgIpc) is 1.94. The van der Waals surface area contributed by atoms with E-state index >= 15 is 0 Å². The number of hydrogen-bond acceptors (Lipinski definition) is 2. The molecule has 0 saturated heterocycles. The van der Waals surface area contributed by atoms with E-state index in [-0.39, 0.29) is 6.04 Å². The largest absolute Gasteiger partial charge is 0.235 e. The van der Waals surface area contributed by atoms with Crippen molar-refractivity contribution in [1.82, 2.24) is 0 Å². The second kappa shape index (κ2) is 4.09. The molecule has 1 aliphatic rings. The van der Waals surface area contributed by atoms with E-state index in [9.17, 15) is 4.79 Å². The zero-order valence-corrected chi connectivity index (χ0v) is 7.87. The number of hydrogen-bond donors (Lipinski definition) is 0. The maximum Gasteiger partial charge on any atom is 0.235 e. The van der Waals surface area contributed by atoms with Crippen molar-refractivity contribution in [1.29, 1.82) is 0 Å². The summed E-state index contributed by atoms with van der Waals surface area (Å²) in [4.78, 5) is 13.7. The Balaban J connectivity index is 2.47. The molecule has 0 unspecified atom stereocenters. The molecular formula is C7H10INO. The minimum absolute atomic E-state index is 0.256. The van der Waals surface area contributed by atoms with Crippen molar-refractivity contribution in [2.24, 2.45) is 4.99 Å². The molecule has 1 saturated carbocycles. The van der Waals surface area contributed by atoms with Gasteiger partial charge in [-0.3, -0.25) is 0 Å². The summed E-state index contributed by atoms with van der Waals surface area (Å²) in [6.45, 7) is 0. The fourth-order valence-electron chi connectivity index (χ4n) is 1.28. The molecule has 0 aromatic rings. The van der Waals surface area contributed by atoms with E-state index in [2.05, 4.69) is 27.6 Å². The molecule has 0 aliphatic heterocycles. The van der Waals surface area contributed by atoms with Gasteiger partial charge in [0.1, 0.15) is 0 Å². The van der Waals surface area contributed by atoms with Crippen molar-refractivity contribution in [2.45, 2.75) is 35.6 Å². The quantitative estimate of drug-likeness (QED) is 0.303. The highest BCUT2D eigenvalue weighted by molar-refractivity contribution is 14.1. The monoisotopic (exact) mass is 251 g/mol. The molecule has 1 rings (SSSR count). The van der Waals surface area contributed by atoms with Gasteiger partial charge < -0.3 is 0 Å². The molecule has 0 aromatic heterocycles. The Kier molecular flexibility index (Phi) is 3.35. The fourth-order valence-corrected chi connectivity index (χ4v) is 2.24. The molecule has 0 radical (unpaired) electrons. The number of isocyanates is 1. The summed E-state index contributed by atoms with van der Waals surface area (Å²) in [6.07, 6.45) is 6.42. The lowest BCUT2D eigenvalue weighted by atomic mass is 9.96. The van der Waals surface area contributed by atoms with Crippen LogP contribution in [0.3, 0.4) is 0 Å². The van der Waals surface area contributed by atoms with Crippen LogP contribution >= 0.6 is 22.6 Å². The molecular weight excluding hydrogens is 241 g/mol. The lowest BCUT2D eigenvalue weighted by Gasteiger charge is -2.21. The third-order valence-electron chi connectivity index (χ3n) is 1.87. The van der Waals surface area contributed by atoms with Crippen LogP contribution in [0.5, 0.6) is 0 Å². The first kappa shape index (κ1) is 8.21. The maximum atomic E-state index is 9.92. The summed E-state index contributed by atoms with van der Waals surface area (Å²) in [5.41, 5.74) is 0. The van der Waals surface area contributed by atoms with Crippen LogP contribution in [0.1, 0.15) is 25.7 Å². The third-order valence-corrected chi connectivity index (χ3v) is 3.32. The predicted octanol–water partition coefficient (Wildman–Crippen LogP) is 2.07. The van der Waals surface area contributed by atoms with Crippen LogP contribution in [0.15, 0.2) is 4.99 Å². The maximum absolute atomic E-state index is 9.92. The molecule has 0 amide bonds. The normalized spacial score (nSPS) is 32.9. The summed E-state index contributed by atoms with van der Waals surface area (Å²) in [7, 11) is 0. The predicted molar refractivity (Wildman–Crippen MR) is 48.2 cm³/mol. The van der Waals surface area contributed by atoms with Gasteiger partial charge in [-0.05, 0) is 12.8 Å². The van der Waals surface area contributed by atoms with Gasteiger partial charge in [0.2, 0.25) is 6.08 Å². The molecule has 1 aliphatic carbocycles. The lowest BCUT2D eigenvalue weighted by Crippen LogP contribution is -2.22. The third kappa shape index (κ3) is 2.06. The first-order valence-electron chi connectivity index (χ1n) is 3.55. The summed E-state index contributed by atoms with van der Waals surface area (Å²) in [5.74, 6) is 0. The number of nitrogens with zero attached hydrogens (tertiary/aromatic N) is 1. The summed E-state index contributed by atoms with van der Waals surface area (Å²) in [5, 5.41) is 0. The SMILES string of the molecule is O=C=N[C@H]1CCCC[C@@H]1I. The second-order valence-corrected chi connectivity index (χ2v) is 4.19. The number of carbonyl (C=O) groups excluding carboxylic acids is 1. The Morgan fingerprint density at radius 1 is 1.40 bits per heavy atom. The first-order chi connectivity index (χ1) is 4.84. The van der Waals surface area contributed by atoms with E-state index < -0.39 is 0 Å². The number of rotatable bonds is 1. The molecule has 0 bridgehead atoms. The van der Waals surface area contributed by atoms with Crippen LogP contribution in [-0.2, 0) is 4.79 Å². The van der Waals surface area contributed by atoms with Crippen LogP contribution in [0.2, 0.25) is 0 Å². The van der Waals surface area contributed by atoms with Crippen LogP contribution in [-0.4, -0.2) is 16.0 Å². The van der Waals surface area contributed by atoms with E-state index in [0.717, 1.165) is 6.42 Å². The Morgan fingerprint density at radius 2 is 2.10 bits per heavy atom. The molecule has 0 aromatic carbocycles. The smallest absolute Gasteiger partial charge is 0.211 e. The van der Waals surface area contributed by atoms with Gasteiger partial charge in [-0.2, -0.15) is 0 Å². The average molecular weight is 251 g/mol. The van der Waals surface area contributed by atoms with Gasteiger partial charge >= 0.3 is 0 Å². The molecule has 0 spiro atoms. The standard InChI is InChI=1S/C7H10INO/c8-6-3-1-2-4-7(6)9-5-10/h6-7H,1-4H2/t6-,7-/m0/s1. The van der Waals surface area contributed by atoms with Gasteiger partial charge in [0.05, 0.1) is 6.04 Å². The highest BCUT2D eigenvalue weighted by Gasteiger charge is 2.21. The van der Waals surface area contributed by atoms with Crippen LogP contribution in [0, 0.1) is 0 Å². The van der Waals surface area contributed by atoms with E-state index in [4.69, 9.17) is 0 Å². The van der Waals surface area contributed by atoms with Gasteiger partial charge in [-0.25, -0.2) is 9.79 Å². The van der Waals surface area contributed by atoms with Gasteiger partial charge in [0, 0.05) is 3.92 Å². The molecule has 56 valence electrons. The van der Waals surface area contributed by atoms with E-state index in [1.54, 1.807) is 6.08 Å². The molecule has 2 atom stereocenters. The van der Waals surface area contributed by atoms with Crippen molar-refractivity contribution in [3.63, 3.8) is 0 Å². The Bertz CT molecular complexity index is 154. The Labute approximate surface area is 74.2 Å². The van der Waals surface area contributed by atoms with E-state index in [1.807, 2.05) is 0 Å².